The summed E-state index contributed by atoms with van der Waals surface area (Å²) >= 11 is 9.31. The van der Waals surface area contributed by atoms with Crippen molar-refractivity contribution in [1.82, 2.24) is 5.32 Å². The summed E-state index contributed by atoms with van der Waals surface area (Å²) < 4.78 is 6.93. The molecule has 2 nitrogen and oxygen atoms in total. The Kier molecular flexibility index (Phi) is 4.98. The van der Waals surface area contributed by atoms with Gasteiger partial charge in [-0.15, -0.1) is 0 Å². The Morgan fingerprint density at radius 1 is 0.864 bits per heavy atom. The zero-order valence-electron chi connectivity index (χ0n) is 11.9. The van der Waals surface area contributed by atoms with Crippen LogP contribution in [0, 0.1) is 0 Å². The maximum Gasteiger partial charge on any atom is 0.134 e. The smallest absolute Gasteiger partial charge is 0.134 e. The molecule has 1 aromatic heterocycles. The van der Waals surface area contributed by atoms with Crippen LogP contribution in [0.25, 0.3) is 11.3 Å². The van der Waals surface area contributed by atoms with Crippen LogP contribution in [0.2, 0.25) is 5.02 Å². The second-order valence-electron chi connectivity index (χ2n) is 5.00. The summed E-state index contributed by atoms with van der Waals surface area (Å²) in [7, 11) is 0. The fourth-order valence-corrected chi connectivity index (χ4v) is 2.56. The lowest BCUT2D eigenvalue weighted by atomic mass is 10.2. The van der Waals surface area contributed by atoms with Crippen LogP contribution in [0.1, 0.15) is 11.3 Å². The largest absolute Gasteiger partial charge is 0.460 e. The van der Waals surface area contributed by atoms with E-state index in [-0.39, 0.29) is 0 Å². The van der Waals surface area contributed by atoms with Crippen LogP contribution >= 0.6 is 27.5 Å². The van der Waals surface area contributed by atoms with Crippen molar-refractivity contribution in [2.45, 2.75) is 13.1 Å². The number of nitrogens with one attached hydrogen (secondary N) is 1. The lowest BCUT2D eigenvalue weighted by Gasteiger charge is -2.03. The van der Waals surface area contributed by atoms with Gasteiger partial charge in [-0.25, -0.2) is 0 Å². The lowest BCUT2D eigenvalue weighted by Crippen LogP contribution is -2.11. The molecule has 3 aromatic rings. The molecule has 3 rings (SSSR count). The fourth-order valence-electron chi connectivity index (χ4n) is 2.17. The SMILES string of the molecule is Clc1ccc(CNCc2ccc(-c3ccc(Br)cc3)o2)cc1. The predicted octanol–water partition coefficient (Wildman–Crippen LogP) is 5.65. The summed E-state index contributed by atoms with van der Waals surface area (Å²) in [5.41, 5.74) is 2.27. The molecule has 1 N–H and O–H groups in total. The van der Waals surface area contributed by atoms with E-state index in [9.17, 15) is 0 Å². The third kappa shape index (κ3) is 4.01. The molecule has 112 valence electrons. The molecule has 0 aliphatic rings. The van der Waals surface area contributed by atoms with Gasteiger partial charge in [0.15, 0.2) is 0 Å². The number of furan rings is 1. The van der Waals surface area contributed by atoms with E-state index in [4.69, 9.17) is 16.0 Å². The van der Waals surface area contributed by atoms with Crippen molar-refractivity contribution in [3.05, 3.63) is 81.5 Å². The summed E-state index contributed by atoms with van der Waals surface area (Å²) in [4.78, 5) is 0. The van der Waals surface area contributed by atoms with E-state index in [2.05, 4.69) is 21.2 Å². The van der Waals surface area contributed by atoms with Crippen molar-refractivity contribution in [2.75, 3.05) is 0 Å². The third-order valence-electron chi connectivity index (χ3n) is 3.33. The van der Waals surface area contributed by atoms with E-state index >= 15 is 0 Å². The zero-order valence-corrected chi connectivity index (χ0v) is 14.2. The van der Waals surface area contributed by atoms with Gasteiger partial charge in [-0.1, -0.05) is 51.8 Å². The molecule has 0 spiro atoms. The molecule has 0 unspecified atom stereocenters. The van der Waals surface area contributed by atoms with Crippen LogP contribution in [0.5, 0.6) is 0 Å². The minimum absolute atomic E-state index is 0.694. The van der Waals surface area contributed by atoms with Gasteiger partial charge in [0.25, 0.3) is 0 Å². The van der Waals surface area contributed by atoms with Gasteiger partial charge in [0.2, 0.25) is 0 Å². The van der Waals surface area contributed by atoms with Crippen molar-refractivity contribution in [3.63, 3.8) is 0 Å². The Morgan fingerprint density at radius 2 is 1.59 bits per heavy atom. The van der Waals surface area contributed by atoms with E-state index < -0.39 is 0 Å². The number of hydrogen-bond donors (Lipinski definition) is 1. The van der Waals surface area contributed by atoms with E-state index in [1.807, 2.05) is 60.7 Å². The molecule has 0 aliphatic heterocycles. The Balaban J connectivity index is 1.57. The maximum absolute atomic E-state index is 5.87. The molecule has 22 heavy (non-hydrogen) atoms. The van der Waals surface area contributed by atoms with Crippen LogP contribution in [-0.2, 0) is 13.1 Å². The van der Waals surface area contributed by atoms with E-state index in [1.54, 1.807) is 0 Å². The van der Waals surface area contributed by atoms with Gasteiger partial charge in [0.1, 0.15) is 11.5 Å². The second kappa shape index (κ2) is 7.14. The van der Waals surface area contributed by atoms with Crippen molar-refractivity contribution in [2.24, 2.45) is 0 Å². The maximum atomic E-state index is 5.87. The minimum atomic E-state index is 0.694. The van der Waals surface area contributed by atoms with Crippen molar-refractivity contribution < 1.29 is 4.42 Å². The van der Waals surface area contributed by atoms with Crippen LogP contribution in [0.15, 0.2) is 69.6 Å². The Bertz CT molecular complexity index is 735. The number of rotatable bonds is 5. The quantitative estimate of drug-likeness (QED) is 0.622. The van der Waals surface area contributed by atoms with Crippen LogP contribution in [0.3, 0.4) is 0 Å². The van der Waals surface area contributed by atoms with Gasteiger partial charge in [-0.05, 0) is 42.0 Å². The molecule has 0 saturated heterocycles. The molecular weight excluding hydrogens is 362 g/mol. The monoisotopic (exact) mass is 375 g/mol. The highest BCUT2D eigenvalue weighted by molar-refractivity contribution is 9.10. The fraction of sp³-hybridized carbons (Fsp3) is 0.111. The summed E-state index contributed by atoms with van der Waals surface area (Å²) in [5, 5.41) is 4.13. The second-order valence-corrected chi connectivity index (χ2v) is 6.35. The van der Waals surface area contributed by atoms with Gasteiger partial charge in [0.05, 0.1) is 6.54 Å². The van der Waals surface area contributed by atoms with Gasteiger partial charge >= 0.3 is 0 Å². The molecule has 0 aliphatic carbocycles. The highest BCUT2D eigenvalue weighted by Gasteiger charge is 2.04. The molecule has 4 heteroatoms. The summed E-state index contributed by atoms with van der Waals surface area (Å²) in [6.45, 7) is 1.48. The Hall–Kier alpha value is -1.55. The topological polar surface area (TPSA) is 25.2 Å². The molecule has 2 aromatic carbocycles. The van der Waals surface area contributed by atoms with Crippen molar-refractivity contribution >= 4 is 27.5 Å². The molecular formula is C18H15BrClNO. The first-order valence-corrected chi connectivity index (χ1v) is 8.17. The highest BCUT2D eigenvalue weighted by atomic mass is 79.9. The number of hydrogen-bond acceptors (Lipinski definition) is 2. The van der Waals surface area contributed by atoms with Crippen molar-refractivity contribution in [3.8, 4) is 11.3 Å². The van der Waals surface area contributed by atoms with Crippen molar-refractivity contribution in [1.29, 1.82) is 0 Å². The predicted molar refractivity (Wildman–Crippen MR) is 93.8 cm³/mol. The minimum Gasteiger partial charge on any atom is -0.460 e. The van der Waals surface area contributed by atoms with E-state index in [0.29, 0.717) is 6.54 Å². The van der Waals surface area contributed by atoms with Gasteiger partial charge in [-0.3, -0.25) is 0 Å². The molecule has 0 radical (unpaired) electrons. The number of halogens is 2. The summed E-state index contributed by atoms with van der Waals surface area (Å²) in [6.07, 6.45) is 0. The Labute approximate surface area is 143 Å². The Morgan fingerprint density at radius 3 is 2.32 bits per heavy atom. The first-order valence-electron chi connectivity index (χ1n) is 7.00. The number of benzene rings is 2. The first kappa shape index (κ1) is 15.3. The van der Waals surface area contributed by atoms with Crippen LogP contribution < -0.4 is 5.32 Å². The van der Waals surface area contributed by atoms with Crippen LogP contribution in [-0.4, -0.2) is 0 Å². The van der Waals surface area contributed by atoms with Crippen LogP contribution in [0.4, 0.5) is 0 Å². The highest BCUT2D eigenvalue weighted by Crippen LogP contribution is 2.24. The molecule has 0 atom stereocenters. The molecule has 1 heterocycles. The molecule has 0 bridgehead atoms. The van der Waals surface area contributed by atoms with E-state index in [0.717, 1.165) is 33.1 Å². The molecule has 0 fully saturated rings. The average Bonchev–Trinajstić information content (AvgIpc) is 2.99. The van der Waals surface area contributed by atoms with E-state index in [1.165, 1.54) is 5.56 Å². The van der Waals surface area contributed by atoms with Gasteiger partial charge in [0, 0.05) is 21.6 Å². The normalized spacial score (nSPS) is 10.8. The van der Waals surface area contributed by atoms with Gasteiger partial charge < -0.3 is 9.73 Å². The molecule has 0 saturated carbocycles. The third-order valence-corrected chi connectivity index (χ3v) is 4.11. The standard InChI is InChI=1S/C18H15BrClNO/c19-15-5-3-14(4-6-15)18-10-9-17(22-18)12-21-11-13-1-7-16(20)8-2-13/h1-10,21H,11-12H2. The lowest BCUT2D eigenvalue weighted by molar-refractivity contribution is 0.493. The van der Waals surface area contributed by atoms with Gasteiger partial charge in [-0.2, -0.15) is 0 Å². The zero-order chi connectivity index (χ0) is 15.4. The molecule has 0 amide bonds. The summed E-state index contributed by atoms with van der Waals surface area (Å²) in [5.74, 6) is 1.81. The average molecular weight is 377 g/mol. The summed E-state index contributed by atoms with van der Waals surface area (Å²) in [6, 6.07) is 19.9. The first-order chi connectivity index (χ1) is 10.7.